The first-order valence-corrected chi connectivity index (χ1v) is 12.0. The quantitative estimate of drug-likeness (QED) is 0.153. The summed E-state index contributed by atoms with van der Waals surface area (Å²) in [5.41, 5.74) is 12.8. The summed E-state index contributed by atoms with van der Waals surface area (Å²) in [4.78, 5) is 36.1. The van der Waals surface area contributed by atoms with E-state index in [-0.39, 0.29) is 31.4 Å². The maximum atomic E-state index is 12.9. The van der Waals surface area contributed by atoms with Gasteiger partial charge in [0.25, 0.3) is 11.8 Å². The second-order valence-electron chi connectivity index (χ2n) is 7.41. The molecule has 2 aromatic carbocycles. The van der Waals surface area contributed by atoms with Crippen LogP contribution < -0.4 is 31.1 Å². The lowest BCUT2D eigenvalue weighted by Crippen LogP contribution is -2.29. The molecule has 0 aliphatic heterocycles. The number of anilines is 1. The molecule has 0 heterocycles. The van der Waals surface area contributed by atoms with Crippen LogP contribution in [0.1, 0.15) is 34.8 Å². The molecule has 12 heteroatoms. The number of nitrogens with one attached hydrogen (secondary N) is 3. The maximum absolute atomic E-state index is 12.9. The monoisotopic (exact) mass is 520 g/mol. The zero-order valence-corrected chi connectivity index (χ0v) is 21.1. The molecule has 188 valence electrons. The highest BCUT2D eigenvalue weighted by molar-refractivity contribution is 8.00. The highest BCUT2D eigenvalue weighted by Crippen LogP contribution is 2.28. The van der Waals surface area contributed by atoms with E-state index in [1.807, 2.05) is 6.92 Å². The van der Waals surface area contributed by atoms with Gasteiger partial charge in [-0.2, -0.15) is 0 Å². The summed E-state index contributed by atoms with van der Waals surface area (Å²) in [7, 11) is 1.49. The van der Waals surface area contributed by atoms with Gasteiger partial charge in [-0.1, -0.05) is 30.7 Å². The van der Waals surface area contributed by atoms with Gasteiger partial charge in [0.15, 0.2) is 6.61 Å². The van der Waals surface area contributed by atoms with Gasteiger partial charge in [0.05, 0.1) is 0 Å². The average Bonchev–Trinajstić information content (AvgIpc) is 2.82. The number of ether oxygens (including phenoxy) is 1. The highest BCUT2D eigenvalue weighted by atomic mass is 35.5. The van der Waals surface area contributed by atoms with E-state index in [2.05, 4.69) is 10.6 Å². The third-order valence-corrected chi connectivity index (χ3v) is 6.10. The summed E-state index contributed by atoms with van der Waals surface area (Å²) in [5, 5.41) is 13.2. The van der Waals surface area contributed by atoms with Gasteiger partial charge in [0.2, 0.25) is 5.91 Å². The number of nitrogens with two attached hydrogens (primary N) is 2. The predicted octanol–water partition coefficient (Wildman–Crippen LogP) is 2.03. The largest absolute Gasteiger partial charge is 0.483 e. The Labute approximate surface area is 213 Å². The lowest BCUT2D eigenvalue weighted by atomic mass is 10.1. The van der Waals surface area contributed by atoms with E-state index in [1.54, 1.807) is 28.6 Å². The fraction of sp³-hybridized carbons (Fsp3) is 0.304. The van der Waals surface area contributed by atoms with Crippen LogP contribution >= 0.6 is 23.5 Å². The molecule has 0 fully saturated rings. The van der Waals surface area contributed by atoms with E-state index in [0.29, 0.717) is 33.1 Å². The lowest BCUT2D eigenvalue weighted by molar-refractivity contribution is -0.122. The molecular weight excluding hydrogens is 492 g/mol. The first-order valence-electron chi connectivity index (χ1n) is 10.7. The number of hydrogen-bond donors (Lipinski definition) is 5. The van der Waals surface area contributed by atoms with Crippen molar-refractivity contribution >= 4 is 52.8 Å². The zero-order chi connectivity index (χ0) is 26.0. The molecule has 0 bridgehead atoms. The Bertz CT molecular complexity index is 1100. The summed E-state index contributed by atoms with van der Waals surface area (Å²) in [5.74, 6) is -0.313. The molecule has 0 saturated heterocycles. The Morgan fingerprint density at radius 3 is 2.51 bits per heavy atom. The Balaban J connectivity index is 2.23. The maximum Gasteiger partial charge on any atom is 0.257 e. The summed E-state index contributed by atoms with van der Waals surface area (Å²) in [6.45, 7) is 1.83. The fourth-order valence-electron chi connectivity index (χ4n) is 2.90. The van der Waals surface area contributed by atoms with Crippen molar-refractivity contribution in [1.82, 2.24) is 10.6 Å². The molecule has 0 aliphatic carbocycles. The number of carbonyl (C=O) groups is 3. The van der Waals surface area contributed by atoms with Crippen molar-refractivity contribution in [1.29, 1.82) is 5.41 Å². The number of halogens is 1. The van der Waals surface area contributed by atoms with E-state index >= 15 is 0 Å². The molecule has 7 N–H and O–H groups in total. The van der Waals surface area contributed by atoms with Crippen molar-refractivity contribution < 1.29 is 19.1 Å². The van der Waals surface area contributed by atoms with Gasteiger partial charge in [-0.15, -0.1) is 0 Å². The first kappa shape index (κ1) is 27.8. The fourth-order valence-corrected chi connectivity index (χ4v) is 4.00. The molecule has 2 aromatic rings. The van der Waals surface area contributed by atoms with Crippen molar-refractivity contribution in [3.8, 4) is 5.75 Å². The Hall–Kier alpha value is -3.44. The van der Waals surface area contributed by atoms with Gasteiger partial charge in [0, 0.05) is 46.7 Å². The van der Waals surface area contributed by atoms with Gasteiger partial charge in [-0.05, 0) is 42.6 Å². The number of hydrogen-bond acceptors (Lipinski definition) is 7. The molecule has 10 nitrogen and oxygen atoms in total. The molecule has 0 spiro atoms. The number of rotatable bonds is 13. The number of nitrogens with zero attached hydrogens (tertiary/aromatic N) is 1. The number of carbonyl (C=O) groups excluding carboxylic acids is 3. The van der Waals surface area contributed by atoms with Crippen LogP contribution in [0.4, 0.5) is 5.69 Å². The van der Waals surface area contributed by atoms with Crippen molar-refractivity contribution in [2.24, 2.45) is 11.5 Å². The van der Waals surface area contributed by atoms with Crippen molar-refractivity contribution in [3.05, 3.63) is 58.1 Å². The van der Waals surface area contributed by atoms with Crippen molar-refractivity contribution in [3.63, 3.8) is 0 Å². The summed E-state index contributed by atoms with van der Waals surface area (Å²) in [6.07, 6.45) is 0.889. The number of primary amides is 1. The number of likely N-dealkylation sites (N-methyl/N-ethyl adjacent to an activating group) is 1. The zero-order valence-electron chi connectivity index (χ0n) is 19.5. The number of amidine groups is 1. The molecule has 2 rings (SSSR count). The van der Waals surface area contributed by atoms with Gasteiger partial charge in [-0.25, -0.2) is 0 Å². The second-order valence-corrected chi connectivity index (χ2v) is 8.96. The van der Waals surface area contributed by atoms with Crippen molar-refractivity contribution in [2.75, 3.05) is 30.3 Å². The molecule has 0 radical (unpaired) electrons. The Morgan fingerprint density at radius 1 is 1.14 bits per heavy atom. The lowest BCUT2D eigenvalue weighted by Gasteiger charge is -2.22. The molecular formula is C23H29ClN6O4S. The molecule has 0 unspecified atom stereocenters. The SMILES string of the molecule is CCCSN(CC(N)=O)c1cc(Cl)cc(C(=O)NCc2ccc(C(=N)N)cc2OCC(=O)NC)c1. The van der Waals surface area contributed by atoms with Gasteiger partial charge < -0.3 is 31.1 Å². The van der Waals surface area contributed by atoms with E-state index in [4.69, 9.17) is 33.2 Å². The number of benzene rings is 2. The molecule has 35 heavy (non-hydrogen) atoms. The molecule has 0 atom stereocenters. The van der Waals surface area contributed by atoms with Gasteiger partial charge in [0.1, 0.15) is 18.1 Å². The summed E-state index contributed by atoms with van der Waals surface area (Å²) < 4.78 is 7.28. The van der Waals surface area contributed by atoms with Crippen LogP contribution in [0.2, 0.25) is 5.02 Å². The standard InChI is InChI=1S/C23H29ClN6O4S/c1-3-6-35-30(12-20(25)31)18-8-16(7-17(24)10-18)23(33)29-11-15-5-4-14(22(26)27)9-19(15)34-13-21(32)28-2/h4-5,7-10H,3,6,11-13H2,1-2H3,(H2,25,31)(H3,26,27)(H,28,32)(H,29,33). The minimum atomic E-state index is -0.502. The van der Waals surface area contributed by atoms with Crippen LogP contribution in [-0.4, -0.2) is 49.5 Å². The first-order chi connectivity index (χ1) is 16.6. The van der Waals surface area contributed by atoms with Crippen molar-refractivity contribution in [2.45, 2.75) is 19.9 Å². The topological polar surface area (TPSA) is 164 Å². The molecule has 0 aliphatic rings. The van der Waals surface area contributed by atoms with Gasteiger partial charge in [-0.3, -0.25) is 19.8 Å². The van der Waals surface area contributed by atoms with Crippen LogP contribution in [0.3, 0.4) is 0 Å². The summed E-state index contributed by atoms with van der Waals surface area (Å²) in [6, 6.07) is 9.65. The average molecular weight is 521 g/mol. The third kappa shape index (κ3) is 8.69. The number of amides is 3. The van der Waals surface area contributed by atoms with E-state index in [9.17, 15) is 14.4 Å². The van der Waals surface area contributed by atoms with Crippen LogP contribution in [-0.2, 0) is 16.1 Å². The van der Waals surface area contributed by atoms with E-state index in [0.717, 1.165) is 12.2 Å². The minimum Gasteiger partial charge on any atom is -0.483 e. The van der Waals surface area contributed by atoms with Crippen LogP contribution in [0, 0.1) is 5.41 Å². The normalized spacial score (nSPS) is 10.4. The Morgan fingerprint density at radius 2 is 1.89 bits per heavy atom. The van der Waals surface area contributed by atoms with E-state index in [1.165, 1.54) is 31.1 Å². The molecule has 0 aromatic heterocycles. The number of nitrogen functional groups attached to an aromatic ring is 1. The smallest absolute Gasteiger partial charge is 0.257 e. The molecule has 3 amide bonds. The molecule has 0 saturated carbocycles. The van der Waals surface area contributed by atoms with Gasteiger partial charge >= 0.3 is 0 Å². The van der Waals surface area contributed by atoms with Crippen LogP contribution in [0.5, 0.6) is 5.75 Å². The minimum absolute atomic E-state index is 0.0272. The third-order valence-electron chi connectivity index (χ3n) is 4.64. The predicted molar refractivity (Wildman–Crippen MR) is 139 cm³/mol. The summed E-state index contributed by atoms with van der Waals surface area (Å²) >= 11 is 7.68. The van der Waals surface area contributed by atoms with Crippen LogP contribution in [0.25, 0.3) is 0 Å². The van der Waals surface area contributed by atoms with Crippen LogP contribution in [0.15, 0.2) is 36.4 Å². The Kier molecular flexibility index (Phi) is 10.7. The highest BCUT2D eigenvalue weighted by Gasteiger charge is 2.16. The van der Waals surface area contributed by atoms with E-state index < -0.39 is 11.8 Å². The second kappa shape index (κ2) is 13.4.